The molecule has 0 bridgehead atoms. The molecule has 0 N–H and O–H groups in total. The van der Waals surface area contributed by atoms with E-state index in [0.717, 1.165) is 72.3 Å². The van der Waals surface area contributed by atoms with Gasteiger partial charge in [0.25, 0.3) is 0 Å². The Morgan fingerprint density at radius 3 is 1.80 bits per heavy atom. The number of nitrogens with zero attached hydrogens (tertiary/aromatic N) is 2. The molecule has 11 aromatic rings. The van der Waals surface area contributed by atoms with Crippen molar-refractivity contribution in [1.82, 2.24) is 9.97 Å². The second-order valence-electron chi connectivity index (χ2n) is 14.2. The molecule has 0 fully saturated rings. The molecule has 0 saturated carbocycles. The highest BCUT2D eigenvalue weighted by molar-refractivity contribution is 6.10. The lowest BCUT2D eigenvalue weighted by atomic mass is 9.92. The molecule has 256 valence electrons. The van der Waals surface area contributed by atoms with Gasteiger partial charge in [0.05, 0.1) is 11.4 Å². The van der Waals surface area contributed by atoms with Crippen LogP contribution in [-0.4, -0.2) is 9.97 Å². The van der Waals surface area contributed by atoms with Crippen LogP contribution >= 0.6 is 0 Å². The predicted molar refractivity (Wildman–Crippen MR) is 229 cm³/mol. The van der Waals surface area contributed by atoms with Crippen LogP contribution in [-0.2, 0) is 0 Å². The first-order valence-electron chi connectivity index (χ1n) is 18.6. The van der Waals surface area contributed by atoms with Crippen LogP contribution in [0.5, 0.6) is 0 Å². The maximum atomic E-state index is 6.58. The Bertz CT molecular complexity index is 3270. The van der Waals surface area contributed by atoms with E-state index in [2.05, 4.69) is 164 Å². The SMILES string of the molecule is c1ccc(-c2nc(-c3cc(-c4ccc5ccccc5c4)cc(-c4cccc5c4oc4ccccc45)c3)cc(-c3ccc4ccc5ccccc5c4c3)n2)cc1. The molecule has 55 heavy (non-hydrogen) atoms. The average Bonchev–Trinajstić information content (AvgIpc) is 3.65. The fourth-order valence-electron chi connectivity index (χ4n) is 8.06. The smallest absolute Gasteiger partial charge is 0.160 e. The summed E-state index contributed by atoms with van der Waals surface area (Å²) in [4.78, 5) is 10.5. The van der Waals surface area contributed by atoms with Crippen molar-refractivity contribution in [3.8, 4) is 56.2 Å². The lowest BCUT2D eigenvalue weighted by molar-refractivity contribution is 0.670. The Morgan fingerprint density at radius 2 is 0.927 bits per heavy atom. The van der Waals surface area contributed by atoms with Crippen molar-refractivity contribution in [2.75, 3.05) is 0 Å². The van der Waals surface area contributed by atoms with Gasteiger partial charge in [-0.15, -0.1) is 0 Å². The summed E-state index contributed by atoms with van der Waals surface area (Å²) in [6.45, 7) is 0. The highest BCUT2D eigenvalue weighted by Crippen LogP contribution is 2.40. The third-order valence-electron chi connectivity index (χ3n) is 10.8. The van der Waals surface area contributed by atoms with Crippen LogP contribution in [0.1, 0.15) is 0 Å². The summed E-state index contributed by atoms with van der Waals surface area (Å²) < 4.78 is 6.58. The molecular weight excluding hydrogens is 669 g/mol. The molecule has 0 saturated heterocycles. The summed E-state index contributed by atoms with van der Waals surface area (Å²) in [6, 6.07) is 68.7. The van der Waals surface area contributed by atoms with Crippen molar-refractivity contribution in [3.05, 3.63) is 194 Å². The normalized spacial score (nSPS) is 11.6. The van der Waals surface area contributed by atoms with Crippen LogP contribution in [0.2, 0.25) is 0 Å². The van der Waals surface area contributed by atoms with Crippen molar-refractivity contribution in [2.45, 2.75) is 0 Å². The van der Waals surface area contributed by atoms with Crippen LogP contribution in [0.15, 0.2) is 199 Å². The minimum absolute atomic E-state index is 0.683. The van der Waals surface area contributed by atoms with Crippen LogP contribution < -0.4 is 0 Å². The number of fused-ring (bicyclic) bond motifs is 7. The van der Waals surface area contributed by atoms with E-state index in [1.54, 1.807) is 0 Å². The Morgan fingerprint density at radius 1 is 0.309 bits per heavy atom. The molecule has 0 radical (unpaired) electrons. The maximum absolute atomic E-state index is 6.58. The molecule has 11 rings (SSSR count). The summed E-state index contributed by atoms with van der Waals surface area (Å²) in [5, 5.41) is 9.48. The van der Waals surface area contributed by atoms with Crippen LogP contribution in [0.25, 0.3) is 110 Å². The van der Waals surface area contributed by atoms with Gasteiger partial charge in [0.1, 0.15) is 11.2 Å². The summed E-state index contributed by atoms with van der Waals surface area (Å²) in [5.74, 6) is 0.683. The molecule has 0 aliphatic carbocycles. The standard InChI is InChI=1S/C52H32N2O/c1-2-13-36(14-3-1)52-53-48(39-26-24-35-23-22-34-12-6-7-16-43(34)47(35)31-39)32-49(54-52)42-29-40(38-25-21-33-11-4-5-15-37(33)27-38)28-41(30-42)44-18-10-19-46-45-17-8-9-20-50(45)55-51(44)46/h1-32H. The van der Waals surface area contributed by atoms with Crippen molar-refractivity contribution < 1.29 is 4.42 Å². The highest BCUT2D eigenvalue weighted by Gasteiger charge is 2.17. The summed E-state index contributed by atoms with van der Waals surface area (Å²) in [6.07, 6.45) is 0. The van der Waals surface area contributed by atoms with Gasteiger partial charge in [-0.3, -0.25) is 0 Å². The van der Waals surface area contributed by atoms with E-state index in [9.17, 15) is 0 Å². The van der Waals surface area contributed by atoms with Gasteiger partial charge in [-0.25, -0.2) is 9.97 Å². The van der Waals surface area contributed by atoms with Gasteiger partial charge in [0.2, 0.25) is 0 Å². The lowest BCUT2D eigenvalue weighted by Crippen LogP contribution is -1.97. The lowest BCUT2D eigenvalue weighted by Gasteiger charge is -2.14. The molecule has 0 aliphatic heterocycles. The van der Waals surface area contributed by atoms with Gasteiger partial charge in [-0.1, -0.05) is 152 Å². The van der Waals surface area contributed by atoms with Crippen molar-refractivity contribution >= 4 is 54.3 Å². The summed E-state index contributed by atoms with van der Waals surface area (Å²) >= 11 is 0. The summed E-state index contributed by atoms with van der Waals surface area (Å²) in [7, 11) is 0. The zero-order valence-corrected chi connectivity index (χ0v) is 29.8. The number of hydrogen-bond acceptors (Lipinski definition) is 3. The first-order chi connectivity index (χ1) is 27.2. The molecule has 3 heteroatoms. The minimum atomic E-state index is 0.683. The van der Waals surface area contributed by atoms with E-state index in [4.69, 9.17) is 14.4 Å². The quantitative estimate of drug-likeness (QED) is 0.168. The molecule has 0 spiro atoms. The first kappa shape index (κ1) is 31.2. The van der Waals surface area contributed by atoms with E-state index in [1.165, 1.54) is 32.3 Å². The number of furan rings is 1. The van der Waals surface area contributed by atoms with E-state index in [-0.39, 0.29) is 0 Å². The van der Waals surface area contributed by atoms with Gasteiger partial charge < -0.3 is 4.42 Å². The molecular formula is C52H32N2O. The minimum Gasteiger partial charge on any atom is -0.455 e. The first-order valence-corrected chi connectivity index (χ1v) is 18.6. The van der Waals surface area contributed by atoms with Gasteiger partial charge in [0, 0.05) is 33.0 Å². The molecule has 9 aromatic carbocycles. The van der Waals surface area contributed by atoms with E-state index >= 15 is 0 Å². The molecule has 0 aliphatic rings. The summed E-state index contributed by atoms with van der Waals surface area (Å²) in [5.41, 5.74) is 10.8. The molecule has 2 heterocycles. The second-order valence-corrected chi connectivity index (χ2v) is 14.2. The van der Waals surface area contributed by atoms with E-state index in [1.807, 2.05) is 30.3 Å². The number of para-hydroxylation sites is 2. The Kier molecular flexibility index (Phi) is 7.17. The Hall–Kier alpha value is -7.36. The number of hydrogen-bond donors (Lipinski definition) is 0. The third-order valence-corrected chi connectivity index (χ3v) is 10.8. The molecule has 3 nitrogen and oxygen atoms in total. The predicted octanol–water partition coefficient (Wildman–Crippen LogP) is 14.2. The maximum Gasteiger partial charge on any atom is 0.160 e. The molecule has 0 unspecified atom stereocenters. The molecule has 2 aromatic heterocycles. The van der Waals surface area contributed by atoms with Gasteiger partial charge >= 0.3 is 0 Å². The topological polar surface area (TPSA) is 38.9 Å². The van der Waals surface area contributed by atoms with Gasteiger partial charge in [-0.05, 0) is 91.5 Å². The van der Waals surface area contributed by atoms with E-state index in [0.29, 0.717) is 5.82 Å². The molecule has 0 amide bonds. The monoisotopic (exact) mass is 700 g/mol. The fraction of sp³-hybridized carbons (Fsp3) is 0. The largest absolute Gasteiger partial charge is 0.455 e. The van der Waals surface area contributed by atoms with Crippen molar-refractivity contribution in [1.29, 1.82) is 0 Å². The average molecular weight is 701 g/mol. The third kappa shape index (κ3) is 5.45. The van der Waals surface area contributed by atoms with Crippen LogP contribution in [0.4, 0.5) is 0 Å². The van der Waals surface area contributed by atoms with Crippen LogP contribution in [0, 0.1) is 0 Å². The second kappa shape index (κ2) is 12.6. The fourth-order valence-corrected chi connectivity index (χ4v) is 8.06. The zero-order chi connectivity index (χ0) is 36.3. The Labute approximate surface area is 317 Å². The number of rotatable bonds is 5. The van der Waals surface area contributed by atoms with Crippen molar-refractivity contribution in [3.63, 3.8) is 0 Å². The van der Waals surface area contributed by atoms with Gasteiger partial charge in [-0.2, -0.15) is 0 Å². The van der Waals surface area contributed by atoms with Crippen molar-refractivity contribution in [2.24, 2.45) is 0 Å². The number of benzene rings is 9. The van der Waals surface area contributed by atoms with Gasteiger partial charge in [0.15, 0.2) is 5.82 Å². The zero-order valence-electron chi connectivity index (χ0n) is 29.8. The number of aromatic nitrogens is 2. The van der Waals surface area contributed by atoms with Crippen LogP contribution in [0.3, 0.4) is 0 Å². The highest BCUT2D eigenvalue weighted by atomic mass is 16.3. The van der Waals surface area contributed by atoms with E-state index < -0.39 is 0 Å². The molecule has 0 atom stereocenters. The Balaban J connectivity index is 1.16.